The quantitative estimate of drug-likeness (QED) is 0.696. The first-order valence-corrected chi connectivity index (χ1v) is 7.52. The normalized spacial score (nSPS) is 17.3. The van der Waals surface area contributed by atoms with E-state index in [4.69, 9.17) is 12.2 Å². The van der Waals surface area contributed by atoms with Crippen molar-refractivity contribution in [1.29, 1.82) is 0 Å². The molecule has 0 amide bonds. The average Bonchev–Trinajstić information content (AvgIpc) is 2.90. The highest BCUT2D eigenvalue weighted by molar-refractivity contribution is 7.81. The molecule has 1 N–H and O–H groups in total. The molecule has 0 saturated heterocycles. The fraction of sp³-hybridized carbons (Fsp3) is 0.294. The third-order valence-corrected chi connectivity index (χ3v) is 4.54. The van der Waals surface area contributed by atoms with Crippen LogP contribution in [0.5, 0.6) is 0 Å². The van der Waals surface area contributed by atoms with E-state index < -0.39 is 11.9 Å². The van der Waals surface area contributed by atoms with Crippen LogP contribution in [0.15, 0.2) is 36.4 Å². The lowest BCUT2D eigenvalue weighted by Crippen LogP contribution is -2.23. The Bertz CT molecular complexity index is 700. The minimum atomic E-state index is -0.748. The molecular weight excluding hydrogens is 282 g/mol. The van der Waals surface area contributed by atoms with Crippen molar-refractivity contribution in [1.82, 2.24) is 4.57 Å². The summed E-state index contributed by atoms with van der Waals surface area (Å²) in [4.78, 5) is 12.1. The molecule has 0 aliphatic carbocycles. The molecule has 1 aliphatic rings. The maximum Gasteiger partial charge on any atom is 0.312 e. The van der Waals surface area contributed by atoms with Crippen molar-refractivity contribution in [3.63, 3.8) is 0 Å². The second kappa shape index (κ2) is 5.45. The van der Waals surface area contributed by atoms with Gasteiger partial charge in [-0.15, -0.1) is 0 Å². The molecule has 0 saturated carbocycles. The van der Waals surface area contributed by atoms with Crippen molar-refractivity contribution < 1.29 is 9.90 Å². The van der Waals surface area contributed by atoms with Crippen molar-refractivity contribution in [3.05, 3.63) is 58.9 Å². The van der Waals surface area contributed by atoms with Gasteiger partial charge in [0.25, 0.3) is 0 Å². The highest BCUT2D eigenvalue weighted by atomic mass is 32.1. The summed E-state index contributed by atoms with van der Waals surface area (Å²) >= 11 is 5.61. The predicted octanol–water partition coefficient (Wildman–Crippen LogP) is 3.52. The van der Waals surface area contributed by atoms with Crippen LogP contribution in [0.25, 0.3) is 0 Å². The van der Waals surface area contributed by atoms with Crippen LogP contribution < -0.4 is 0 Å². The van der Waals surface area contributed by atoms with Gasteiger partial charge in [-0.2, -0.15) is 0 Å². The van der Waals surface area contributed by atoms with Gasteiger partial charge in [-0.3, -0.25) is 4.79 Å². The Hall–Kier alpha value is -1.94. The largest absolute Gasteiger partial charge is 0.481 e. The van der Waals surface area contributed by atoms with Crippen molar-refractivity contribution in [2.24, 2.45) is 0 Å². The SMILES string of the molecule is Cc1ccc(C(=S)c2ccc3n2CCCC3C(=O)O)cc1. The van der Waals surface area contributed by atoms with Gasteiger partial charge in [0.2, 0.25) is 0 Å². The van der Waals surface area contributed by atoms with E-state index in [2.05, 4.69) is 4.57 Å². The first kappa shape index (κ1) is 14.0. The number of carbonyl (C=O) groups is 1. The van der Waals surface area contributed by atoms with Gasteiger partial charge < -0.3 is 9.67 Å². The fourth-order valence-corrected chi connectivity index (χ4v) is 3.25. The number of hydrogen-bond acceptors (Lipinski definition) is 2. The lowest BCUT2D eigenvalue weighted by atomic mass is 9.96. The molecular formula is C17H17NO2S. The first-order valence-electron chi connectivity index (χ1n) is 7.11. The minimum absolute atomic E-state index is 0.409. The summed E-state index contributed by atoms with van der Waals surface area (Å²) in [5.74, 6) is -1.16. The summed E-state index contributed by atoms with van der Waals surface area (Å²) < 4.78 is 2.07. The van der Waals surface area contributed by atoms with Gasteiger partial charge in [0.1, 0.15) is 0 Å². The number of carboxylic acid groups (broad SMARTS) is 1. The molecule has 0 spiro atoms. The van der Waals surface area contributed by atoms with E-state index in [9.17, 15) is 9.90 Å². The molecule has 3 rings (SSSR count). The number of nitrogens with zero attached hydrogens (tertiary/aromatic N) is 1. The van der Waals surface area contributed by atoms with Crippen LogP contribution in [0, 0.1) is 6.92 Å². The highest BCUT2D eigenvalue weighted by Gasteiger charge is 2.28. The van der Waals surface area contributed by atoms with Gasteiger partial charge in [0.15, 0.2) is 0 Å². The van der Waals surface area contributed by atoms with Gasteiger partial charge >= 0.3 is 5.97 Å². The summed E-state index contributed by atoms with van der Waals surface area (Å²) in [6.07, 6.45) is 1.58. The van der Waals surface area contributed by atoms with E-state index in [0.717, 1.165) is 34.8 Å². The molecule has 0 fully saturated rings. The number of thiocarbonyl (C=S) groups is 1. The van der Waals surface area contributed by atoms with Gasteiger partial charge in [0.05, 0.1) is 16.5 Å². The van der Waals surface area contributed by atoms with Crippen molar-refractivity contribution >= 4 is 23.1 Å². The maximum atomic E-state index is 11.4. The number of benzene rings is 1. The Kier molecular flexibility index (Phi) is 3.64. The smallest absolute Gasteiger partial charge is 0.312 e. The zero-order chi connectivity index (χ0) is 15.0. The van der Waals surface area contributed by atoms with Crippen LogP contribution in [0.4, 0.5) is 0 Å². The zero-order valence-electron chi connectivity index (χ0n) is 11.9. The summed E-state index contributed by atoms with van der Waals surface area (Å²) in [5.41, 5.74) is 4.03. The molecule has 0 bridgehead atoms. The molecule has 108 valence electrons. The molecule has 1 aromatic carbocycles. The van der Waals surface area contributed by atoms with Crippen LogP contribution in [0.2, 0.25) is 0 Å². The number of hydrogen-bond donors (Lipinski definition) is 1. The van der Waals surface area contributed by atoms with Crippen LogP contribution >= 0.6 is 12.2 Å². The maximum absolute atomic E-state index is 11.4. The molecule has 1 unspecified atom stereocenters. The van der Waals surface area contributed by atoms with Crippen LogP contribution in [0.1, 0.15) is 41.3 Å². The Morgan fingerprint density at radius 2 is 1.95 bits per heavy atom. The van der Waals surface area contributed by atoms with Crippen molar-refractivity contribution in [3.8, 4) is 0 Å². The second-order valence-corrected chi connectivity index (χ2v) is 5.93. The molecule has 2 heterocycles. The van der Waals surface area contributed by atoms with Gasteiger partial charge in [-0.05, 0) is 37.5 Å². The Morgan fingerprint density at radius 3 is 2.62 bits per heavy atom. The van der Waals surface area contributed by atoms with Crippen molar-refractivity contribution in [2.75, 3.05) is 0 Å². The number of aromatic nitrogens is 1. The van der Waals surface area contributed by atoms with E-state index in [0.29, 0.717) is 6.42 Å². The van der Waals surface area contributed by atoms with Gasteiger partial charge in [-0.1, -0.05) is 42.0 Å². The monoisotopic (exact) mass is 299 g/mol. The summed E-state index contributed by atoms with van der Waals surface area (Å²) in [6, 6.07) is 12.0. The van der Waals surface area contributed by atoms with Crippen LogP contribution in [0.3, 0.4) is 0 Å². The summed E-state index contributed by atoms with van der Waals surface area (Å²) in [5, 5.41) is 9.33. The third-order valence-electron chi connectivity index (χ3n) is 4.09. The lowest BCUT2D eigenvalue weighted by molar-refractivity contribution is -0.139. The number of aryl methyl sites for hydroxylation is 1. The molecule has 2 aromatic rings. The fourth-order valence-electron chi connectivity index (χ4n) is 2.94. The lowest BCUT2D eigenvalue weighted by Gasteiger charge is -2.23. The topological polar surface area (TPSA) is 42.2 Å². The van der Waals surface area contributed by atoms with Gasteiger partial charge in [0, 0.05) is 12.2 Å². The van der Waals surface area contributed by atoms with E-state index in [1.165, 1.54) is 5.56 Å². The Balaban J connectivity index is 1.99. The number of carboxylic acids is 1. The van der Waals surface area contributed by atoms with E-state index in [1.807, 2.05) is 43.3 Å². The van der Waals surface area contributed by atoms with Crippen LogP contribution in [-0.4, -0.2) is 20.5 Å². The van der Waals surface area contributed by atoms with E-state index in [1.54, 1.807) is 0 Å². The summed E-state index contributed by atoms with van der Waals surface area (Å²) in [6.45, 7) is 2.89. The van der Waals surface area contributed by atoms with Gasteiger partial charge in [-0.25, -0.2) is 0 Å². The highest BCUT2D eigenvalue weighted by Crippen LogP contribution is 2.30. The molecule has 3 nitrogen and oxygen atoms in total. The molecule has 1 atom stereocenters. The molecule has 1 aromatic heterocycles. The standard InChI is InChI=1S/C17H17NO2S/c1-11-4-6-12(7-5-11)16(21)15-9-8-14-13(17(19)20)3-2-10-18(14)15/h4-9,13H,2-3,10H2,1H3,(H,19,20). The number of aliphatic carboxylic acids is 1. The molecule has 4 heteroatoms. The zero-order valence-corrected chi connectivity index (χ0v) is 12.7. The molecule has 1 aliphatic heterocycles. The number of rotatable bonds is 3. The molecule has 0 radical (unpaired) electrons. The van der Waals surface area contributed by atoms with Crippen LogP contribution in [-0.2, 0) is 11.3 Å². The average molecular weight is 299 g/mol. The van der Waals surface area contributed by atoms with Crippen molar-refractivity contribution in [2.45, 2.75) is 32.2 Å². The third kappa shape index (κ3) is 2.51. The Morgan fingerprint density at radius 1 is 1.24 bits per heavy atom. The molecule has 21 heavy (non-hydrogen) atoms. The minimum Gasteiger partial charge on any atom is -0.481 e. The second-order valence-electron chi connectivity index (χ2n) is 5.52. The number of fused-ring (bicyclic) bond motifs is 1. The van der Waals surface area contributed by atoms with E-state index >= 15 is 0 Å². The van der Waals surface area contributed by atoms with E-state index in [-0.39, 0.29) is 0 Å². The first-order chi connectivity index (χ1) is 10.1. The Labute approximate surface area is 129 Å². The predicted molar refractivity (Wildman–Crippen MR) is 86.0 cm³/mol. The summed E-state index contributed by atoms with van der Waals surface area (Å²) in [7, 11) is 0.